The Balaban J connectivity index is 2.38. The van der Waals surface area contributed by atoms with Crippen molar-refractivity contribution in [2.75, 3.05) is 32.4 Å². The van der Waals surface area contributed by atoms with Gasteiger partial charge in [-0.15, -0.1) is 11.8 Å². The third-order valence-corrected chi connectivity index (χ3v) is 5.68. The summed E-state index contributed by atoms with van der Waals surface area (Å²) in [4.78, 5) is 37.7. The van der Waals surface area contributed by atoms with Crippen LogP contribution in [0.2, 0.25) is 0 Å². The molecule has 29 heavy (non-hydrogen) atoms. The van der Waals surface area contributed by atoms with E-state index in [9.17, 15) is 14.0 Å². The summed E-state index contributed by atoms with van der Waals surface area (Å²) >= 11 is 1.23. The highest BCUT2D eigenvalue weighted by atomic mass is 32.2. The molecule has 1 atom stereocenters. The molecule has 1 rings (SSSR count). The Morgan fingerprint density at radius 2 is 2.00 bits per heavy atom. The zero-order chi connectivity index (χ0) is 21.6. The minimum Gasteiger partial charge on any atom is -0.341 e. The number of guanidine groups is 1. The van der Waals surface area contributed by atoms with Gasteiger partial charge in [-0.1, -0.05) is 20.3 Å². The van der Waals surface area contributed by atoms with Crippen molar-refractivity contribution < 1.29 is 14.0 Å². The van der Waals surface area contributed by atoms with Crippen molar-refractivity contribution in [1.82, 2.24) is 10.2 Å². The highest BCUT2D eigenvalue weighted by Gasteiger charge is 2.27. The van der Waals surface area contributed by atoms with Crippen LogP contribution in [0.4, 0.5) is 9.18 Å². The van der Waals surface area contributed by atoms with Gasteiger partial charge in [-0.05, 0) is 32.1 Å². The predicted octanol–water partition coefficient (Wildman–Crippen LogP) is 3.73. The summed E-state index contributed by atoms with van der Waals surface area (Å²) in [6, 6.07) is -0.565. The molecular formula is C20H34FN5O2S. The second-order valence-electron chi connectivity index (χ2n) is 6.96. The number of carbonyl (C=O) groups excluding carboxylic acids is 2. The summed E-state index contributed by atoms with van der Waals surface area (Å²) in [5, 5.41) is 3.03. The minimum atomic E-state index is -1.11. The summed E-state index contributed by atoms with van der Waals surface area (Å²) in [6.45, 7) is 6.92. The molecule has 1 unspecified atom stereocenters. The van der Waals surface area contributed by atoms with Gasteiger partial charge in [0.05, 0.1) is 17.3 Å². The van der Waals surface area contributed by atoms with Gasteiger partial charge in [0.2, 0.25) is 5.96 Å². The number of nitrogens with one attached hydrogen (secondary N) is 1. The number of halogens is 1. The molecule has 0 aliphatic carbocycles. The minimum absolute atomic E-state index is 0.0534. The largest absolute Gasteiger partial charge is 0.341 e. The van der Waals surface area contributed by atoms with Gasteiger partial charge in [0, 0.05) is 32.8 Å². The molecule has 1 fully saturated rings. The van der Waals surface area contributed by atoms with Crippen LogP contribution in [0.5, 0.6) is 0 Å². The van der Waals surface area contributed by atoms with Gasteiger partial charge in [0.1, 0.15) is 12.0 Å². The van der Waals surface area contributed by atoms with E-state index in [0.29, 0.717) is 49.1 Å². The number of urea groups is 1. The summed E-state index contributed by atoms with van der Waals surface area (Å²) in [5.74, 6) is 0.998. The number of unbranched alkanes of at least 4 members (excludes halogenated alkanes) is 1. The second-order valence-corrected chi connectivity index (χ2v) is 8.13. The van der Waals surface area contributed by atoms with E-state index >= 15 is 0 Å². The monoisotopic (exact) mass is 427 g/mol. The van der Waals surface area contributed by atoms with Gasteiger partial charge in [0.25, 0.3) is 0 Å². The normalized spacial score (nSPS) is 17.6. The number of rotatable bonds is 8. The van der Waals surface area contributed by atoms with Crippen LogP contribution < -0.4 is 5.32 Å². The van der Waals surface area contributed by atoms with Crippen LogP contribution in [0.3, 0.4) is 0 Å². The molecule has 0 aromatic carbocycles. The number of alkyl halides is 1. The van der Waals surface area contributed by atoms with E-state index in [2.05, 4.69) is 32.1 Å². The topological polar surface area (TPSA) is 86.5 Å². The average molecular weight is 428 g/mol. The standard InChI is InChI=1S/C20H34FN5O2S/c1-5-7-10-23-19(22-4)26-11-8-16(9-12-26)18(21)13-24-20(28)25-15(3)29-14-17(27)6-2/h10,16,18H,5-9,11-14H2,1-4H3,(H,24,28)/b22-19?,23-10-,25-15-. The molecule has 9 heteroatoms. The molecule has 0 aromatic rings. The Hall–Kier alpha value is -1.77. The van der Waals surface area contributed by atoms with Crippen LogP contribution in [-0.4, -0.2) is 72.5 Å². The van der Waals surface area contributed by atoms with Gasteiger partial charge >= 0.3 is 6.03 Å². The number of nitrogens with zero attached hydrogens (tertiary/aromatic N) is 4. The fourth-order valence-corrected chi connectivity index (χ4v) is 3.59. The van der Waals surface area contributed by atoms with Gasteiger partial charge in [0.15, 0.2) is 0 Å². The zero-order valence-electron chi connectivity index (χ0n) is 18.0. The first-order valence-electron chi connectivity index (χ1n) is 10.3. The van der Waals surface area contributed by atoms with E-state index in [0.717, 1.165) is 12.8 Å². The van der Waals surface area contributed by atoms with Crippen molar-refractivity contribution in [2.45, 2.75) is 59.0 Å². The molecule has 7 nitrogen and oxygen atoms in total. The molecule has 1 saturated heterocycles. The van der Waals surface area contributed by atoms with Crippen molar-refractivity contribution in [3.05, 3.63) is 0 Å². The summed E-state index contributed by atoms with van der Waals surface area (Å²) in [5.41, 5.74) is 0. The second kappa shape index (κ2) is 14.3. The molecule has 1 heterocycles. The van der Waals surface area contributed by atoms with E-state index in [1.165, 1.54) is 11.8 Å². The van der Waals surface area contributed by atoms with Crippen molar-refractivity contribution >= 4 is 40.8 Å². The average Bonchev–Trinajstić information content (AvgIpc) is 2.73. The Labute approximate surface area is 177 Å². The number of Topliss-reactive ketones (excluding diaryl/α,β-unsaturated/α-hetero) is 1. The van der Waals surface area contributed by atoms with E-state index in [1.807, 2.05) is 6.21 Å². The van der Waals surface area contributed by atoms with Crippen LogP contribution in [-0.2, 0) is 4.79 Å². The summed E-state index contributed by atoms with van der Waals surface area (Å²) in [6.07, 6.45) is 4.56. The van der Waals surface area contributed by atoms with Crippen molar-refractivity contribution in [1.29, 1.82) is 0 Å². The van der Waals surface area contributed by atoms with Crippen LogP contribution in [0.1, 0.15) is 52.9 Å². The first-order chi connectivity index (χ1) is 13.9. The zero-order valence-corrected chi connectivity index (χ0v) is 18.8. The van der Waals surface area contributed by atoms with E-state index in [4.69, 9.17) is 0 Å². The van der Waals surface area contributed by atoms with Gasteiger partial charge in [-0.2, -0.15) is 4.99 Å². The fraction of sp³-hybridized carbons (Fsp3) is 0.750. The van der Waals surface area contributed by atoms with Crippen LogP contribution in [0.25, 0.3) is 0 Å². The lowest BCUT2D eigenvalue weighted by Crippen LogP contribution is -2.42. The first kappa shape index (κ1) is 25.3. The van der Waals surface area contributed by atoms with E-state index in [1.54, 1.807) is 20.9 Å². The third-order valence-electron chi connectivity index (χ3n) is 4.70. The number of carbonyl (C=O) groups is 2. The number of thioether (sulfide) groups is 1. The lowest BCUT2D eigenvalue weighted by molar-refractivity contribution is -0.116. The quantitative estimate of drug-likeness (QED) is 0.472. The van der Waals surface area contributed by atoms with Crippen LogP contribution >= 0.6 is 11.8 Å². The Morgan fingerprint density at radius 3 is 2.59 bits per heavy atom. The van der Waals surface area contributed by atoms with Gasteiger partial charge in [-0.25, -0.2) is 14.2 Å². The number of amides is 2. The third kappa shape index (κ3) is 10.0. The highest BCUT2D eigenvalue weighted by molar-refractivity contribution is 8.14. The molecule has 0 radical (unpaired) electrons. The fourth-order valence-electron chi connectivity index (χ4n) is 2.87. The Bertz CT molecular complexity index is 616. The summed E-state index contributed by atoms with van der Waals surface area (Å²) in [7, 11) is 1.72. The Kier molecular flexibility index (Phi) is 12.4. The number of aliphatic imine (C=N–C) groups is 3. The SMILES string of the molecule is CCC/C=N\C(=NC)N1CCC(C(F)CNC(=O)/N=C(/C)SCC(=O)CC)CC1. The molecule has 1 aliphatic heterocycles. The van der Waals surface area contributed by atoms with Gasteiger partial charge in [-0.3, -0.25) is 9.79 Å². The highest BCUT2D eigenvalue weighted by Crippen LogP contribution is 2.23. The maximum Gasteiger partial charge on any atom is 0.341 e. The molecule has 1 aliphatic rings. The van der Waals surface area contributed by atoms with Gasteiger partial charge < -0.3 is 10.2 Å². The Morgan fingerprint density at radius 1 is 1.31 bits per heavy atom. The number of likely N-dealkylation sites (tertiary alicyclic amines) is 1. The lowest BCUT2D eigenvalue weighted by atomic mass is 9.92. The smallest absolute Gasteiger partial charge is 0.341 e. The van der Waals surface area contributed by atoms with Crippen molar-refractivity contribution in [3.8, 4) is 0 Å². The molecule has 0 bridgehead atoms. The number of hydrogen-bond donors (Lipinski definition) is 1. The molecule has 2 amide bonds. The first-order valence-corrected chi connectivity index (χ1v) is 11.3. The van der Waals surface area contributed by atoms with E-state index < -0.39 is 12.2 Å². The molecular weight excluding hydrogens is 393 g/mol. The number of ketones is 1. The molecule has 1 N–H and O–H groups in total. The van der Waals surface area contributed by atoms with Crippen LogP contribution in [0, 0.1) is 5.92 Å². The van der Waals surface area contributed by atoms with E-state index in [-0.39, 0.29) is 18.2 Å². The van der Waals surface area contributed by atoms with Crippen LogP contribution in [0.15, 0.2) is 15.0 Å². The molecule has 164 valence electrons. The number of hydrogen-bond acceptors (Lipinski definition) is 4. The van der Waals surface area contributed by atoms with Crippen molar-refractivity contribution in [2.24, 2.45) is 20.9 Å². The predicted molar refractivity (Wildman–Crippen MR) is 120 cm³/mol. The number of piperidine rings is 1. The summed E-state index contributed by atoms with van der Waals surface area (Å²) < 4.78 is 14.6. The lowest BCUT2D eigenvalue weighted by Gasteiger charge is -2.33. The molecule has 0 saturated carbocycles. The maximum atomic E-state index is 14.6. The van der Waals surface area contributed by atoms with Crippen molar-refractivity contribution in [3.63, 3.8) is 0 Å². The molecule has 0 aromatic heterocycles. The maximum absolute atomic E-state index is 14.6. The molecule has 0 spiro atoms.